The van der Waals surface area contributed by atoms with Gasteiger partial charge in [-0.05, 0) is 6.92 Å². The van der Waals surface area contributed by atoms with Gasteiger partial charge in [0.25, 0.3) is 0 Å². The maximum absolute atomic E-state index is 13.3. The summed E-state index contributed by atoms with van der Waals surface area (Å²) in [6, 6.07) is 0. The Bertz CT molecular complexity index is 1960. The third-order valence-electron chi connectivity index (χ3n) is 9.49. The fourth-order valence-corrected chi connectivity index (χ4v) is 7.78. The highest BCUT2D eigenvalue weighted by Crippen LogP contribution is 2.39. The van der Waals surface area contributed by atoms with Crippen LogP contribution in [-0.2, 0) is 119 Å². The largest absolute Gasteiger partial charge is 0.463 e. The Hall–Kier alpha value is -5.36. The van der Waals surface area contributed by atoms with Crippen LogP contribution in [0.15, 0.2) is 12.7 Å². The van der Waals surface area contributed by atoms with Gasteiger partial charge in [0, 0.05) is 68.9 Å². The average Bonchev–Trinajstić information content (AvgIpc) is 3.17. The minimum Gasteiger partial charge on any atom is -0.463 e. The molecule has 0 unspecified atom stereocenters. The lowest BCUT2D eigenvalue weighted by Crippen LogP contribution is -2.70. The molecule has 378 valence electrons. The number of esters is 8. The highest BCUT2D eigenvalue weighted by molar-refractivity contribution is 7.80. The summed E-state index contributed by atoms with van der Waals surface area (Å²) in [7, 11) is -5.57. The Morgan fingerprint density at radius 1 is 0.522 bits per heavy atom. The normalized spacial score (nSPS) is 31.7. The average molecular weight is 986 g/mol. The van der Waals surface area contributed by atoms with Crippen LogP contribution in [0.2, 0.25) is 0 Å². The summed E-state index contributed by atoms with van der Waals surface area (Å²) in [5.74, 6) is -8.72. The summed E-state index contributed by atoms with van der Waals surface area (Å²) in [4.78, 5) is 114. The molecule has 3 heterocycles. The van der Waals surface area contributed by atoms with Gasteiger partial charge in [-0.1, -0.05) is 6.08 Å². The van der Waals surface area contributed by atoms with Crippen molar-refractivity contribution in [3.05, 3.63) is 12.7 Å². The van der Waals surface area contributed by atoms with Crippen molar-refractivity contribution in [2.45, 2.75) is 161 Å². The van der Waals surface area contributed by atoms with Crippen LogP contribution in [0, 0.1) is 0 Å². The van der Waals surface area contributed by atoms with Crippen molar-refractivity contribution in [1.82, 2.24) is 4.90 Å². The van der Waals surface area contributed by atoms with Gasteiger partial charge in [0.1, 0.15) is 37.6 Å². The van der Waals surface area contributed by atoms with Crippen molar-refractivity contribution in [2.75, 3.05) is 19.8 Å². The number of hydrogen-bond donors (Lipinski definition) is 1. The topological polar surface area (TPSA) is 340 Å². The van der Waals surface area contributed by atoms with Crippen molar-refractivity contribution in [2.24, 2.45) is 0 Å². The first kappa shape index (κ1) is 56.0. The van der Waals surface area contributed by atoms with Gasteiger partial charge in [-0.2, -0.15) is 8.42 Å². The molecule has 27 nitrogen and oxygen atoms in total. The Labute approximate surface area is 384 Å². The fourth-order valence-electron chi connectivity index (χ4n) is 7.28. The minimum absolute atomic E-state index is 0.299. The van der Waals surface area contributed by atoms with E-state index in [9.17, 15) is 56.1 Å². The van der Waals surface area contributed by atoms with Gasteiger partial charge in [-0.3, -0.25) is 47.7 Å². The molecule has 1 amide bonds. The van der Waals surface area contributed by atoms with Crippen LogP contribution >= 0.6 is 0 Å². The molecule has 0 saturated carbocycles. The van der Waals surface area contributed by atoms with E-state index in [-0.39, 0.29) is 6.54 Å². The van der Waals surface area contributed by atoms with Gasteiger partial charge in [-0.15, -0.1) is 6.58 Å². The predicted molar refractivity (Wildman–Crippen MR) is 212 cm³/mol. The molecule has 0 aliphatic carbocycles. The molecule has 67 heavy (non-hydrogen) atoms. The van der Waals surface area contributed by atoms with Gasteiger partial charge in [0.05, 0.1) is 6.10 Å². The number of carbonyl (C=O) groups excluding carboxylic acids is 9. The predicted octanol–water partition coefficient (Wildman–Crippen LogP) is -1.11. The molecule has 3 saturated heterocycles. The van der Waals surface area contributed by atoms with Crippen LogP contribution in [-0.4, -0.2) is 183 Å². The maximum atomic E-state index is 13.3. The lowest BCUT2D eigenvalue weighted by atomic mass is 9.94. The molecule has 28 heteroatoms. The van der Waals surface area contributed by atoms with E-state index in [2.05, 4.69) is 6.58 Å². The van der Waals surface area contributed by atoms with Crippen LogP contribution in [0.1, 0.15) is 69.2 Å². The molecule has 15 atom stereocenters. The third-order valence-corrected chi connectivity index (χ3v) is 9.96. The standard InChI is InChI=1S/C39H55NO26S/c1-12-13-40(17(3)41)37-34(59-23(9)47)32(65-38-35(60-24(10)48)31(58-22(8)46)28(16(2)55-38)56-20(6)44)29(26(62-37)14-53-18(4)42)64-39-36(61-25(11)49)33(66-67(50,51)52)30(57-21(7)45)27(63-39)15-54-19(5)43/h12,16,26-39H,1,13-15H2,2-11H3,(H,50,51,52)/t16-,26+,27+,28+,29+,30-,31+,32-,33-,34+,35-,36+,37+,38-,39-/m0/s1. The first-order valence-corrected chi connectivity index (χ1v) is 21.6. The Morgan fingerprint density at radius 3 is 1.37 bits per heavy atom. The van der Waals surface area contributed by atoms with Crippen molar-refractivity contribution in [3.8, 4) is 0 Å². The van der Waals surface area contributed by atoms with Gasteiger partial charge < -0.3 is 66.5 Å². The summed E-state index contributed by atoms with van der Waals surface area (Å²) in [5, 5.41) is 0. The number of carbonyl (C=O) groups is 9. The molecular weight excluding hydrogens is 930 g/mol. The van der Waals surface area contributed by atoms with E-state index in [4.69, 9.17) is 65.8 Å². The first-order valence-electron chi connectivity index (χ1n) is 20.2. The van der Waals surface area contributed by atoms with E-state index in [1.165, 1.54) is 13.0 Å². The molecule has 0 aromatic carbocycles. The SMILES string of the molecule is C=CCN(C(C)=O)[C@@H]1O[C@H](COC(C)=O)[C@@H](O[C@@H]2O[C@H](COC(C)=O)[C@H](OC(C)=O)[C@H](OS(=O)(=O)O)[C@H]2OC(C)=O)[C@H](O[C@@H]2O[C@@H](C)[C@@H](OC(C)=O)[C@@H](OC(C)=O)[C@@H]2OC(C)=O)[C@H]1OC(C)=O. The van der Waals surface area contributed by atoms with Gasteiger partial charge in [-0.25, -0.2) is 4.18 Å². The van der Waals surface area contributed by atoms with Crippen molar-refractivity contribution in [3.63, 3.8) is 0 Å². The fraction of sp³-hybridized carbons (Fsp3) is 0.718. The molecule has 3 aliphatic rings. The molecule has 3 rings (SSSR count). The van der Waals surface area contributed by atoms with Gasteiger partial charge in [0.2, 0.25) is 5.91 Å². The zero-order chi connectivity index (χ0) is 50.7. The Morgan fingerprint density at radius 2 is 0.925 bits per heavy atom. The molecular formula is C39H55NO26S. The second-order valence-electron chi connectivity index (χ2n) is 15.0. The van der Waals surface area contributed by atoms with Gasteiger partial charge in [0.15, 0.2) is 61.5 Å². The van der Waals surface area contributed by atoms with E-state index < -0.39 is 169 Å². The highest BCUT2D eigenvalue weighted by Gasteiger charge is 2.60. The summed E-state index contributed by atoms with van der Waals surface area (Å²) in [6.45, 7) is 11.8. The number of hydrogen-bond acceptors (Lipinski definition) is 25. The molecule has 0 radical (unpaired) electrons. The zero-order valence-electron chi connectivity index (χ0n) is 38.1. The van der Waals surface area contributed by atoms with Crippen LogP contribution in [0.25, 0.3) is 0 Å². The van der Waals surface area contributed by atoms with Crippen molar-refractivity contribution < 1.29 is 122 Å². The number of amides is 1. The van der Waals surface area contributed by atoms with E-state index in [1.54, 1.807) is 0 Å². The molecule has 3 fully saturated rings. The Kier molecular flexibility index (Phi) is 20.5. The zero-order valence-corrected chi connectivity index (χ0v) is 38.9. The van der Waals surface area contributed by atoms with Crippen LogP contribution in [0.3, 0.4) is 0 Å². The lowest BCUT2D eigenvalue weighted by Gasteiger charge is -2.52. The molecule has 0 aromatic heterocycles. The third kappa shape index (κ3) is 16.4. The van der Waals surface area contributed by atoms with E-state index >= 15 is 0 Å². The summed E-state index contributed by atoms with van der Waals surface area (Å²) in [6.07, 6.45) is -26.8. The van der Waals surface area contributed by atoms with Crippen LogP contribution in [0.4, 0.5) is 0 Å². The number of nitrogens with zero attached hydrogens (tertiary/aromatic N) is 1. The van der Waals surface area contributed by atoms with E-state index in [0.717, 1.165) is 67.2 Å². The lowest BCUT2D eigenvalue weighted by molar-refractivity contribution is -0.375. The quantitative estimate of drug-likeness (QED) is 0.0694. The summed E-state index contributed by atoms with van der Waals surface area (Å²) >= 11 is 0. The van der Waals surface area contributed by atoms with Crippen LogP contribution in [0.5, 0.6) is 0 Å². The van der Waals surface area contributed by atoms with Crippen molar-refractivity contribution in [1.29, 1.82) is 0 Å². The summed E-state index contributed by atoms with van der Waals surface area (Å²) in [5.41, 5.74) is 0. The number of ether oxygens (including phenoxy) is 13. The van der Waals surface area contributed by atoms with Crippen LogP contribution < -0.4 is 0 Å². The second-order valence-corrected chi connectivity index (χ2v) is 16.1. The van der Waals surface area contributed by atoms with E-state index in [0.29, 0.717) is 0 Å². The Balaban J connectivity index is 2.45. The van der Waals surface area contributed by atoms with Gasteiger partial charge >= 0.3 is 58.2 Å². The smallest absolute Gasteiger partial charge is 0.397 e. The van der Waals surface area contributed by atoms with E-state index in [1.807, 2.05) is 0 Å². The first-order chi connectivity index (χ1) is 31.1. The second kappa shape index (κ2) is 24.6. The molecule has 3 aliphatic heterocycles. The molecule has 0 bridgehead atoms. The minimum atomic E-state index is -5.57. The van der Waals surface area contributed by atoms with Crippen molar-refractivity contribution >= 4 is 64.1 Å². The molecule has 1 N–H and O–H groups in total. The summed E-state index contributed by atoms with van der Waals surface area (Å²) < 4.78 is 114. The molecule has 0 aromatic rings. The molecule has 0 spiro atoms. The maximum Gasteiger partial charge on any atom is 0.397 e. The number of rotatable bonds is 19. The monoisotopic (exact) mass is 985 g/mol. The highest BCUT2D eigenvalue weighted by atomic mass is 32.3.